The molecule has 0 saturated carbocycles. The highest BCUT2D eigenvalue weighted by molar-refractivity contribution is 5.93. The molecule has 0 bridgehead atoms. The number of ether oxygens (including phenoxy) is 3. The second-order valence-electron chi connectivity index (χ2n) is 6.45. The van der Waals surface area contributed by atoms with E-state index < -0.39 is 11.6 Å². The van der Waals surface area contributed by atoms with Crippen molar-refractivity contribution in [2.45, 2.75) is 6.92 Å². The molecule has 30 heavy (non-hydrogen) atoms. The van der Waals surface area contributed by atoms with Crippen molar-refractivity contribution in [3.63, 3.8) is 0 Å². The van der Waals surface area contributed by atoms with Crippen molar-refractivity contribution in [1.82, 2.24) is 0 Å². The molecular formula is C22H21NO7. The van der Waals surface area contributed by atoms with E-state index in [1.54, 1.807) is 42.5 Å². The fourth-order valence-electron chi connectivity index (χ4n) is 2.73. The summed E-state index contributed by atoms with van der Waals surface area (Å²) in [6, 6.07) is 12.8. The van der Waals surface area contributed by atoms with Crippen LogP contribution in [0.4, 0.5) is 5.69 Å². The van der Waals surface area contributed by atoms with Crippen LogP contribution in [0.25, 0.3) is 11.0 Å². The van der Waals surface area contributed by atoms with Crippen LogP contribution < -0.4 is 15.7 Å². The molecule has 0 atom stereocenters. The molecule has 0 aliphatic rings. The highest BCUT2D eigenvalue weighted by Gasteiger charge is 2.09. The van der Waals surface area contributed by atoms with Gasteiger partial charge < -0.3 is 23.9 Å². The second-order valence-corrected chi connectivity index (χ2v) is 6.45. The summed E-state index contributed by atoms with van der Waals surface area (Å²) in [5.74, 6) is -0.441. The van der Waals surface area contributed by atoms with Gasteiger partial charge in [0, 0.05) is 30.3 Å². The van der Waals surface area contributed by atoms with Gasteiger partial charge in [-0.25, -0.2) is 9.59 Å². The third-order valence-electron chi connectivity index (χ3n) is 4.22. The first-order valence-corrected chi connectivity index (χ1v) is 9.19. The SMILES string of the molecule is COCCOC(=O)c1ccc(NC(=O)COc2ccc3c(C)cc(=O)oc3c2)cc1. The molecule has 0 aliphatic carbocycles. The second kappa shape index (κ2) is 9.71. The fraction of sp³-hybridized carbons (Fsp3) is 0.227. The van der Waals surface area contributed by atoms with Crippen molar-refractivity contribution in [2.24, 2.45) is 0 Å². The van der Waals surface area contributed by atoms with Crippen LogP contribution in [0.3, 0.4) is 0 Å². The van der Waals surface area contributed by atoms with Crippen LogP contribution in [0.2, 0.25) is 0 Å². The van der Waals surface area contributed by atoms with E-state index in [-0.39, 0.29) is 19.1 Å². The van der Waals surface area contributed by atoms with Gasteiger partial charge in [-0.15, -0.1) is 0 Å². The highest BCUT2D eigenvalue weighted by Crippen LogP contribution is 2.22. The quantitative estimate of drug-likeness (QED) is 0.345. The van der Waals surface area contributed by atoms with Crippen LogP contribution in [0, 0.1) is 6.92 Å². The van der Waals surface area contributed by atoms with Crippen LogP contribution in [-0.2, 0) is 14.3 Å². The van der Waals surface area contributed by atoms with Crippen molar-refractivity contribution in [2.75, 3.05) is 32.2 Å². The zero-order valence-corrected chi connectivity index (χ0v) is 16.6. The average molecular weight is 411 g/mol. The normalized spacial score (nSPS) is 10.6. The van der Waals surface area contributed by atoms with E-state index in [0.717, 1.165) is 10.9 Å². The Balaban J connectivity index is 1.55. The lowest BCUT2D eigenvalue weighted by Gasteiger charge is -2.09. The summed E-state index contributed by atoms with van der Waals surface area (Å²) >= 11 is 0. The minimum Gasteiger partial charge on any atom is -0.484 e. The first kappa shape index (κ1) is 21.1. The Morgan fingerprint density at radius 1 is 1.03 bits per heavy atom. The molecule has 0 aliphatic heterocycles. The molecule has 2 aromatic carbocycles. The Labute approximate surface area is 172 Å². The molecule has 8 heteroatoms. The lowest BCUT2D eigenvalue weighted by atomic mass is 10.1. The Kier molecular flexibility index (Phi) is 6.82. The molecule has 3 rings (SSSR count). The van der Waals surface area contributed by atoms with Gasteiger partial charge in [0.1, 0.15) is 17.9 Å². The predicted octanol–water partition coefficient (Wildman–Crippen LogP) is 2.92. The lowest BCUT2D eigenvalue weighted by molar-refractivity contribution is -0.118. The molecule has 0 fully saturated rings. The number of fused-ring (bicyclic) bond motifs is 1. The summed E-state index contributed by atoms with van der Waals surface area (Å²) in [6.45, 7) is 2.08. The first-order chi connectivity index (χ1) is 14.5. The molecule has 0 saturated heterocycles. The summed E-state index contributed by atoms with van der Waals surface area (Å²) < 4.78 is 20.5. The van der Waals surface area contributed by atoms with E-state index in [2.05, 4.69) is 5.32 Å². The molecule has 1 N–H and O–H groups in total. The summed E-state index contributed by atoms with van der Waals surface area (Å²) in [4.78, 5) is 35.5. The Morgan fingerprint density at radius 3 is 2.53 bits per heavy atom. The van der Waals surface area contributed by atoms with Crippen molar-refractivity contribution in [3.05, 3.63) is 70.1 Å². The van der Waals surface area contributed by atoms with Gasteiger partial charge in [-0.2, -0.15) is 0 Å². The van der Waals surface area contributed by atoms with E-state index in [1.807, 2.05) is 6.92 Å². The maximum absolute atomic E-state index is 12.1. The Hall–Kier alpha value is -3.65. The number of aryl methyl sites for hydroxylation is 1. The van der Waals surface area contributed by atoms with Crippen LogP contribution in [0.1, 0.15) is 15.9 Å². The van der Waals surface area contributed by atoms with E-state index in [9.17, 15) is 14.4 Å². The van der Waals surface area contributed by atoms with Crippen molar-refractivity contribution in [1.29, 1.82) is 0 Å². The smallest absolute Gasteiger partial charge is 0.338 e. The Bertz CT molecular complexity index is 1100. The van der Waals surface area contributed by atoms with Gasteiger partial charge in [0.15, 0.2) is 6.61 Å². The maximum Gasteiger partial charge on any atom is 0.338 e. The molecule has 1 amide bonds. The largest absolute Gasteiger partial charge is 0.484 e. The maximum atomic E-state index is 12.1. The van der Waals surface area contributed by atoms with Crippen molar-refractivity contribution < 1.29 is 28.2 Å². The monoisotopic (exact) mass is 411 g/mol. The molecule has 1 heterocycles. The van der Waals surface area contributed by atoms with Gasteiger partial charge in [-0.3, -0.25) is 4.79 Å². The van der Waals surface area contributed by atoms with E-state index in [1.165, 1.54) is 13.2 Å². The molecule has 8 nitrogen and oxygen atoms in total. The fourth-order valence-corrected chi connectivity index (χ4v) is 2.73. The van der Waals surface area contributed by atoms with E-state index >= 15 is 0 Å². The number of esters is 1. The first-order valence-electron chi connectivity index (χ1n) is 9.19. The summed E-state index contributed by atoms with van der Waals surface area (Å²) in [5, 5.41) is 3.47. The third-order valence-corrected chi connectivity index (χ3v) is 4.22. The predicted molar refractivity (Wildman–Crippen MR) is 110 cm³/mol. The number of nitrogens with one attached hydrogen (secondary N) is 1. The number of hydrogen-bond donors (Lipinski definition) is 1. The summed E-state index contributed by atoms with van der Waals surface area (Å²) in [7, 11) is 1.52. The number of amides is 1. The number of rotatable bonds is 8. The van der Waals surface area contributed by atoms with E-state index in [0.29, 0.717) is 29.2 Å². The topological polar surface area (TPSA) is 104 Å². The molecule has 1 aromatic heterocycles. The number of methoxy groups -OCH3 is 1. The van der Waals surface area contributed by atoms with Crippen molar-refractivity contribution >= 4 is 28.5 Å². The standard InChI is InChI=1S/C22H21NO7/c1-14-11-21(25)30-19-12-17(7-8-18(14)19)29-13-20(24)23-16-5-3-15(4-6-16)22(26)28-10-9-27-2/h3-8,11-12H,9-10,13H2,1-2H3,(H,23,24). The number of carbonyl (C=O) groups is 2. The average Bonchev–Trinajstić information content (AvgIpc) is 2.72. The number of hydrogen-bond acceptors (Lipinski definition) is 7. The van der Waals surface area contributed by atoms with Gasteiger partial charge in [0.05, 0.1) is 12.2 Å². The zero-order chi connectivity index (χ0) is 21.5. The lowest BCUT2D eigenvalue weighted by Crippen LogP contribution is -2.20. The molecule has 0 spiro atoms. The molecule has 3 aromatic rings. The third kappa shape index (κ3) is 5.45. The van der Waals surface area contributed by atoms with Crippen LogP contribution >= 0.6 is 0 Å². The molecule has 0 unspecified atom stereocenters. The minimum atomic E-state index is -0.466. The molecular weight excluding hydrogens is 390 g/mol. The van der Waals surface area contributed by atoms with Gasteiger partial charge in [-0.1, -0.05) is 0 Å². The minimum absolute atomic E-state index is 0.170. The van der Waals surface area contributed by atoms with E-state index in [4.69, 9.17) is 18.6 Å². The zero-order valence-electron chi connectivity index (χ0n) is 16.6. The number of benzene rings is 2. The van der Waals surface area contributed by atoms with Gasteiger partial charge in [0.2, 0.25) is 0 Å². The van der Waals surface area contributed by atoms with Gasteiger partial charge in [0.25, 0.3) is 5.91 Å². The van der Waals surface area contributed by atoms with Crippen LogP contribution in [0.5, 0.6) is 5.75 Å². The molecule has 156 valence electrons. The molecule has 0 radical (unpaired) electrons. The number of anilines is 1. The summed E-state index contributed by atoms with van der Waals surface area (Å²) in [5.41, 5.74) is 1.63. The van der Waals surface area contributed by atoms with Crippen LogP contribution in [-0.4, -0.2) is 38.8 Å². The Morgan fingerprint density at radius 2 is 1.80 bits per heavy atom. The number of carbonyl (C=O) groups excluding carboxylic acids is 2. The van der Waals surface area contributed by atoms with Crippen LogP contribution in [0.15, 0.2) is 57.7 Å². The van der Waals surface area contributed by atoms with Gasteiger partial charge >= 0.3 is 11.6 Å². The highest BCUT2D eigenvalue weighted by atomic mass is 16.6. The summed E-state index contributed by atoms with van der Waals surface area (Å²) in [6.07, 6.45) is 0. The van der Waals surface area contributed by atoms with Gasteiger partial charge in [-0.05, 0) is 48.9 Å². The van der Waals surface area contributed by atoms with Crippen molar-refractivity contribution in [3.8, 4) is 5.75 Å².